The van der Waals surface area contributed by atoms with Crippen molar-refractivity contribution in [2.45, 2.75) is 6.92 Å². The van der Waals surface area contributed by atoms with Gasteiger partial charge in [0.25, 0.3) is 5.91 Å². The first-order valence-electron chi connectivity index (χ1n) is 10.5. The quantitative estimate of drug-likeness (QED) is 0.354. The Labute approximate surface area is 203 Å². The fourth-order valence-corrected chi connectivity index (χ4v) is 4.23. The second kappa shape index (κ2) is 8.77. The molecule has 3 aromatic carbocycles. The van der Waals surface area contributed by atoms with E-state index < -0.39 is 17.7 Å². The molecule has 0 unspecified atom stereocenters. The summed E-state index contributed by atoms with van der Waals surface area (Å²) in [5.41, 5.74) is 2.47. The van der Waals surface area contributed by atoms with Gasteiger partial charge in [-0.2, -0.15) is 9.78 Å². The van der Waals surface area contributed by atoms with Crippen LogP contribution in [0.2, 0.25) is 5.02 Å². The number of carbonyl (C=O) groups excluding carboxylic acids is 2. The van der Waals surface area contributed by atoms with Gasteiger partial charge in [-0.15, -0.1) is 10.2 Å². The number of ether oxygens (including phenoxy) is 1. The molecule has 8 nitrogen and oxygen atoms in total. The van der Waals surface area contributed by atoms with Gasteiger partial charge in [0, 0.05) is 16.5 Å². The third-order valence-corrected chi connectivity index (χ3v) is 5.96. The van der Waals surface area contributed by atoms with Crippen LogP contribution < -0.4 is 0 Å². The van der Waals surface area contributed by atoms with Crippen LogP contribution in [0.1, 0.15) is 26.3 Å². The van der Waals surface area contributed by atoms with Crippen LogP contribution in [0.5, 0.6) is 0 Å². The number of aromatic amines is 1. The minimum atomic E-state index is -0.680. The summed E-state index contributed by atoms with van der Waals surface area (Å²) in [6.45, 7) is 1.77. The van der Waals surface area contributed by atoms with Crippen LogP contribution in [0.25, 0.3) is 33.5 Å². The maximum Gasteiger partial charge on any atom is 0.337 e. The van der Waals surface area contributed by atoms with Crippen molar-refractivity contribution in [3.05, 3.63) is 88.5 Å². The molecule has 0 atom stereocenters. The van der Waals surface area contributed by atoms with Gasteiger partial charge in [0.2, 0.25) is 0 Å². The lowest BCUT2D eigenvalue weighted by molar-refractivity contribution is 0.0600. The second-order valence-electron chi connectivity index (χ2n) is 7.75. The number of carbonyl (C=O) groups is 2. The van der Waals surface area contributed by atoms with E-state index in [-0.39, 0.29) is 27.4 Å². The number of aryl methyl sites for hydroxylation is 1. The highest BCUT2D eigenvalue weighted by molar-refractivity contribution is 6.34. The van der Waals surface area contributed by atoms with E-state index in [1.54, 1.807) is 43.3 Å². The van der Waals surface area contributed by atoms with Crippen molar-refractivity contribution in [3.63, 3.8) is 0 Å². The van der Waals surface area contributed by atoms with E-state index in [1.807, 2.05) is 0 Å². The van der Waals surface area contributed by atoms with E-state index in [0.717, 1.165) is 6.07 Å². The number of methoxy groups -OCH3 is 1. The van der Waals surface area contributed by atoms with Gasteiger partial charge < -0.3 is 9.72 Å². The summed E-state index contributed by atoms with van der Waals surface area (Å²) in [4.78, 5) is 28.4. The van der Waals surface area contributed by atoms with Crippen molar-refractivity contribution < 1.29 is 18.7 Å². The topological polar surface area (TPSA) is 103 Å². The lowest BCUT2D eigenvalue weighted by Gasteiger charge is -2.08. The van der Waals surface area contributed by atoms with Crippen molar-refractivity contribution in [2.24, 2.45) is 0 Å². The molecule has 5 rings (SSSR count). The highest BCUT2D eigenvalue weighted by Crippen LogP contribution is 2.33. The first-order valence-corrected chi connectivity index (χ1v) is 10.8. The Kier molecular flexibility index (Phi) is 5.62. The van der Waals surface area contributed by atoms with Crippen LogP contribution in [0.4, 0.5) is 4.39 Å². The fourth-order valence-electron chi connectivity index (χ4n) is 3.92. The molecule has 0 saturated carbocycles. The van der Waals surface area contributed by atoms with Crippen molar-refractivity contribution in [3.8, 4) is 22.6 Å². The van der Waals surface area contributed by atoms with Gasteiger partial charge >= 0.3 is 5.97 Å². The summed E-state index contributed by atoms with van der Waals surface area (Å²) in [6, 6.07) is 14.3. The molecule has 0 spiro atoms. The van der Waals surface area contributed by atoms with Crippen molar-refractivity contribution in [1.29, 1.82) is 0 Å². The van der Waals surface area contributed by atoms with E-state index in [9.17, 15) is 9.59 Å². The summed E-state index contributed by atoms with van der Waals surface area (Å²) < 4.78 is 21.0. The molecule has 0 amide bonds. The molecule has 0 fully saturated rings. The summed E-state index contributed by atoms with van der Waals surface area (Å²) in [6.07, 6.45) is 1.44. The number of nitrogens with one attached hydrogen (secondary N) is 1. The van der Waals surface area contributed by atoms with Crippen LogP contribution in [0.15, 0.2) is 60.9 Å². The molecule has 2 heterocycles. The van der Waals surface area contributed by atoms with Crippen LogP contribution in [0.3, 0.4) is 0 Å². The molecule has 5 aromatic rings. The monoisotopic (exact) mass is 489 g/mol. The third kappa shape index (κ3) is 3.85. The van der Waals surface area contributed by atoms with E-state index in [4.69, 9.17) is 11.6 Å². The standard InChI is InChI=1S/C25H17ClFN5O3/c1-13-4-3-5-18(26)21(13)24(33)32-20-11-14(23-28-12-29-30-23)6-9-17(20)22(31-32)16-8-7-15(10-19(16)27)25(34)35-2/h3-12H,1-2H3,(H,28,29,30). The van der Waals surface area contributed by atoms with E-state index >= 15 is 4.39 Å². The normalized spacial score (nSPS) is 11.1. The summed E-state index contributed by atoms with van der Waals surface area (Å²) in [7, 11) is 1.22. The number of hydrogen-bond acceptors (Lipinski definition) is 6. The first-order chi connectivity index (χ1) is 16.9. The van der Waals surface area contributed by atoms with Gasteiger partial charge in [-0.05, 0) is 48.9 Å². The zero-order valence-corrected chi connectivity index (χ0v) is 19.3. The lowest BCUT2D eigenvalue weighted by Crippen LogP contribution is -2.15. The molecule has 0 saturated heterocycles. The number of nitrogens with zero attached hydrogens (tertiary/aromatic N) is 4. The Morgan fingerprint density at radius 3 is 2.63 bits per heavy atom. The summed E-state index contributed by atoms with van der Waals surface area (Å²) in [5.74, 6) is -1.31. The van der Waals surface area contributed by atoms with Crippen molar-refractivity contribution in [1.82, 2.24) is 25.0 Å². The van der Waals surface area contributed by atoms with Crippen LogP contribution >= 0.6 is 11.6 Å². The van der Waals surface area contributed by atoms with Crippen molar-refractivity contribution >= 4 is 34.4 Å². The summed E-state index contributed by atoms with van der Waals surface area (Å²) >= 11 is 6.36. The van der Waals surface area contributed by atoms with Crippen LogP contribution in [-0.2, 0) is 4.74 Å². The lowest BCUT2D eigenvalue weighted by atomic mass is 10.0. The number of aromatic nitrogens is 5. The fraction of sp³-hybridized carbons (Fsp3) is 0.0800. The highest BCUT2D eigenvalue weighted by Gasteiger charge is 2.24. The van der Waals surface area contributed by atoms with Crippen LogP contribution in [-0.4, -0.2) is 43.9 Å². The Morgan fingerprint density at radius 1 is 1.11 bits per heavy atom. The number of benzene rings is 3. The maximum absolute atomic E-state index is 15.1. The number of halogens is 2. The van der Waals surface area contributed by atoms with Crippen LogP contribution in [0, 0.1) is 12.7 Å². The van der Waals surface area contributed by atoms with Gasteiger partial charge in [-0.3, -0.25) is 4.79 Å². The number of hydrogen-bond donors (Lipinski definition) is 1. The van der Waals surface area contributed by atoms with Gasteiger partial charge in [0.1, 0.15) is 17.8 Å². The number of fused-ring (bicyclic) bond motifs is 1. The highest BCUT2D eigenvalue weighted by atomic mass is 35.5. The number of rotatable bonds is 4. The van der Waals surface area contributed by atoms with Crippen molar-refractivity contribution in [2.75, 3.05) is 7.11 Å². The molecule has 2 aromatic heterocycles. The predicted octanol–water partition coefficient (Wildman–Crippen LogP) is 5.06. The van der Waals surface area contributed by atoms with Gasteiger partial charge in [0.15, 0.2) is 5.82 Å². The maximum atomic E-state index is 15.1. The van der Waals surface area contributed by atoms with Gasteiger partial charge in [-0.1, -0.05) is 29.8 Å². The van der Waals surface area contributed by atoms with Gasteiger partial charge in [-0.25, -0.2) is 9.18 Å². The molecular formula is C25H17ClFN5O3. The molecule has 0 bridgehead atoms. The van der Waals surface area contributed by atoms with E-state index in [2.05, 4.69) is 25.0 Å². The molecule has 10 heteroatoms. The Bertz CT molecular complexity index is 1590. The average Bonchev–Trinajstić information content (AvgIpc) is 3.51. The Hall–Kier alpha value is -4.37. The van der Waals surface area contributed by atoms with Gasteiger partial charge in [0.05, 0.1) is 28.8 Å². The molecule has 0 radical (unpaired) electrons. The Morgan fingerprint density at radius 2 is 1.94 bits per heavy atom. The summed E-state index contributed by atoms with van der Waals surface area (Å²) in [5, 5.41) is 13.1. The van der Waals surface area contributed by atoms with E-state index in [0.29, 0.717) is 27.9 Å². The number of H-pyrrole nitrogens is 1. The second-order valence-corrected chi connectivity index (χ2v) is 8.16. The minimum absolute atomic E-state index is 0.0628. The average molecular weight is 490 g/mol. The zero-order chi connectivity index (χ0) is 24.7. The molecule has 0 aliphatic carbocycles. The molecule has 174 valence electrons. The first kappa shape index (κ1) is 22.4. The largest absolute Gasteiger partial charge is 0.465 e. The zero-order valence-electron chi connectivity index (χ0n) is 18.5. The van der Waals surface area contributed by atoms with E-state index in [1.165, 1.54) is 30.3 Å². The predicted molar refractivity (Wildman–Crippen MR) is 128 cm³/mol. The smallest absolute Gasteiger partial charge is 0.337 e. The molecule has 0 aliphatic heterocycles. The number of esters is 1. The third-order valence-electron chi connectivity index (χ3n) is 5.64. The minimum Gasteiger partial charge on any atom is -0.465 e. The molecule has 35 heavy (non-hydrogen) atoms. The molecule has 0 aliphatic rings. The SMILES string of the molecule is COC(=O)c1ccc(-c2nn(C(=O)c3c(C)cccc3Cl)c3cc(-c4nnc[nH]4)ccc23)c(F)c1. The molecule has 1 N–H and O–H groups in total. The molecular weight excluding hydrogens is 473 g/mol. The Balaban J connectivity index is 1.75.